The summed E-state index contributed by atoms with van der Waals surface area (Å²) in [5, 5.41) is 2.13. The average molecular weight is 323 g/mol. The van der Waals surface area contributed by atoms with Gasteiger partial charge in [0.05, 0.1) is 11.4 Å². The first-order chi connectivity index (χ1) is 10.9. The van der Waals surface area contributed by atoms with Gasteiger partial charge in [0.25, 0.3) is 5.91 Å². The highest BCUT2D eigenvalue weighted by atomic mass is 19.2. The van der Waals surface area contributed by atoms with Crippen LogP contribution in [0.2, 0.25) is 0 Å². The third-order valence-corrected chi connectivity index (χ3v) is 3.26. The van der Waals surface area contributed by atoms with E-state index in [4.69, 9.17) is 0 Å². The Kier molecular flexibility index (Phi) is 3.51. The number of aromatic nitrogens is 2. The summed E-state index contributed by atoms with van der Waals surface area (Å²) in [6.45, 7) is 1.52. The first-order valence-electron chi connectivity index (χ1n) is 6.47. The number of nitrogens with zero attached hydrogens (tertiary/aromatic N) is 2. The fourth-order valence-electron chi connectivity index (χ4n) is 2.21. The molecule has 0 bridgehead atoms. The maximum Gasteiger partial charge on any atom is 0.274 e. The molecule has 0 unspecified atom stereocenters. The first kappa shape index (κ1) is 15.0. The van der Waals surface area contributed by atoms with Gasteiger partial charge in [0.1, 0.15) is 17.2 Å². The Morgan fingerprint density at radius 1 is 1.09 bits per heavy atom. The zero-order valence-electron chi connectivity index (χ0n) is 11.7. The van der Waals surface area contributed by atoms with Crippen molar-refractivity contribution in [2.75, 3.05) is 5.32 Å². The fourth-order valence-corrected chi connectivity index (χ4v) is 2.21. The first-order valence-corrected chi connectivity index (χ1v) is 6.47. The molecule has 0 aliphatic rings. The number of hydrogen-bond acceptors (Lipinski definition) is 2. The van der Waals surface area contributed by atoms with Gasteiger partial charge in [-0.25, -0.2) is 22.5 Å². The molecule has 3 aromatic rings. The number of carbonyl (C=O) groups excluding carboxylic acids is 1. The van der Waals surface area contributed by atoms with Crippen LogP contribution in [0.3, 0.4) is 0 Å². The number of halogens is 4. The molecule has 0 aliphatic carbocycles. The molecular weight excluding hydrogens is 314 g/mol. The van der Waals surface area contributed by atoms with Crippen molar-refractivity contribution in [3.8, 4) is 0 Å². The maximum absolute atomic E-state index is 13.6. The number of rotatable bonds is 2. The van der Waals surface area contributed by atoms with Crippen LogP contribution in [-0.4, -0.2) is 15.3 Å². The maximum atomic E-state index is 13.6. The summed E-state index contributed by atoms with van der Waals surface area (Å²) in [5.74, 6) is -6.00. The molecule has 0 fully saturated rings. The van der Waals surface area contributed by atoms with Crippen molar-refractivity contribution in [1.29, 1.82) is 0 Å². The molecule has 4 nitrogen and oxygen atoms in total. The Morgan fingerprint density at radius 2 is 1.83 bits per heavy atom. The predicted molar refractivity (Wildman–Crippen MR) is 74.2 cm³/mol. The van der Waals surface area contributed by atoms with Crippen molar-refractivity contribution in [1.82, 2.24) is 9.38 Å². The largest absolute Gasteiger partial charge is 0.318 e. The average Bonchev–Trinajstić information content (AvgIpc) is 2.83. The SMILES string of the molecule is Cc1nc2ccc(F)cn2c1C(=O)Nc1ccc(F)c(F)c1F. The molecule has 3 rings (SSSR count). The van der Waals surface area contributed by atoms with E-state index >= 15 is 0 Å². The minimum Gasteiger partial charge on any atom is -0.318 e. The molecule has 0 spiro atoms. The Morgan fingerprint density at radius 3 is 2.57 bits per heavy atom. The topological polar surface area (TPSA) is 46.4 Å². The van der Waals surface area contributed by atoms with Crippen molar-refractivity contribution < 1.29 is 22.4 Å². The smallest absolute Gasteiger partial charge is 0.274 e. The molecule has 8 heteroatoms. The van der Waals surface area contributed by atoms with Crippen LogP contribution >= 0.6 is 0 Å². The molecule has 1 amide bonds. The van der Waals surface area contributed by atoms with Crippen LogP contribution < -0.4 is 5.32 Å². The van der Waals surface area contributed by atoms with Crippen molar-refractivity contribution in [3.05, 3.63) is 65.1 Å². The minimum atomic E-state index is -1.69. The Balaban J connectivity index is 2.03. The van der Waals surface area contributed by atoms with Gasteiger partial charge in [0, 0.05) is 6.20 Å². The van der Waals surface area contributed by atoms with Crippen LogP contribution in [0.4, 0.5) is 23.2 Å². The lowest BCUT2D eigenvalue weighted by Crippen LogP contribution is -2.17. The third kappa shape index (κ3) is 2.52. The van der Waals surface area contributed by atoms with Crippen molar-refractivity contribution in [3.63, 3.8) is 0 Å². The van der Waals surface area contributed by atoms with E-state index in [0.717, 1.165) is 12.3 Å². The molecule has 1 N–H and O–H groups in total. The quantitative estimate of drug-likeness (QED) is 0.580. The highest BCUT2D eigenvalue weighted by Gasteiger charge is 2.20. The summed E-state index contributed by atoms with van der Waals surface area (Å²) < 4.78 is 54.3. The molecular formula is C15H9F4N3O. The second kappa shape index (κ2) is 5.38. The monoisotopic (exact) mass is 323 g/mol. The van der Waals surface area contributed by atoms with E-state index in [9.17, 15) is 22.4 Å². The molecule has 2 heterocycles. The molecule has 23 heavy (non-hydrogen) atoms. The van der Waals surface area contributed by atoms with Crippen LogP contribution in [-0.2, 0) is 0 Å². The Hall–Kier alpha value is -2.90. The van der Waals surface area contributed by atoms with Crippen LogP contribution in [0.25, 0.3) is 5.65 Å². The van der Waals surface area contributed by atoms with Gasteiger partial charge in [0.15, 0.2) is 17.5 Å². The summed E-state index contributed by atoms with van der Waals surface area (Å²) >= 11 is 0. The fraction of sp³-hybridized carbons (Fsp3) is 0.0667. The van der Waals surface area contributed by atoms with E-state index in [1.165, 1.54) is 23.5 Å². The summed E-state index contributed by atoms with van der Waals surface area (Å²) in [7, 11) is 0. The molecule has 1 aromatic carbocycles. The highest BCUT2D eigenvalue weighted by Crippen LogP contribution is 2.21. The van der Waals surface area contributed by atoms with E-state index in [2.05, 4.69) is 10.3 Å². The summed E-state index contributed by atoms with van der Waals surface area (Å²) in [4.78, 5) is 16.4. The van der Waals surface area contributed by atoms with Crippen LogP contribution in [0.15, 0.2) is 30.5 Å². The number of fused-ring (bicyclic) bond motifs is 1. The Labute approximate surface area is 127 Å². The number of nitrogens with one attached hydrogen (secondary N) is 1. The standard InChI is InChI=1S/C15H9F4N3O/c1-7-14(22-6-8(16)2-5-11(22)20-7)15(23)21-10-4-3-9(17)12(18)13(10)19/h2-6H,1H3,(H,21,23). The van der Waals surface area contributed by atoms with Gasteiger partial charge in [-0.1, -0.05) is 0 Å². The number of amides is 1. The zero-order chi connectivity index (χ0) is 16.7. The van der Waals surface area contributed by atoms with Crippen LogP contribution in [0, 0.1) is 30.2 Å². The van der Waals surface area contributed by atoms with E-state index in [1.54, 1.807) is 0 Å². The number of anilines is 1. The number of carbonyl (C=O) groups is 1. The second-order valence-electron chi connectivity index (χ2n) is 4.80. The molecule has 0 atom stereocenters. The van der Waals surface area contributed by atoms with E-state index in [1.807, 2.05) is 0 Å². The molecule has 0 radical (unpaired) electrons. The predicted octanol–water partition coefficient (Wildman–Crippen LogP) is 3.45. The number of hydrogen-bond donors (Lipinski definition) is 1. The van der Waals surface area contributed by atoms with E-state index in [-0.39, 0.29) is 11.4 Å². The van der Waals surface area contributed by atoms with Gasteiger partial charge in [-0.2, -0.15) is 0 Å². The van der Waals surface area contributed by atoms with Gasteiger partial charge in [-0.15, -0.1) is 0 Å². The number of benzene rings is 1. The van der Waals surface area contributed by atoms with Crippen LogP contribution in [0.1, 0.15) is 16.2 Å². The number of pyridine rings is 1. The van der Waals surface area contributed by atoms with Gasteiger partial charge in [0.2, 0.25) is 0 Å². The van der Waals surface area contributed by atoms with E-state index < -0.39 is 34.9 Å². The third-order valence-electron chi connectivity index (χ3n) is 3.26. The minimum absolute atomic E-state index is 0.0383. The second-order valence-corrected chi connectivity index (χ2v) is 4.80. The molecule has 0 saturated carbocycles. The molecule has 0 aliphatic heterocycles. The number of aryl methyl sites for hydroxylation is 1. The summed E-state index contributed by atoms with van der Waals surface area (Å²) in [6, 6.07) is 4.13. The van der Waals surface area contributed by atoms with Gasteiger partial charge in [-0.05, 0) is 31.2 Å². The summed E-state index contributed by atoms with van der Waals surface area (Å²) in [6.07, 6.45) is 1.05. The highest BCUT2D eigenvalue weighted by molar-refractivity contribution is 6.04. The Bertz CT molecular complexity index is 936. The van der Waals surface area contributed by atoms with Crippen molar-refractivity contribution in [2.24, 2.45) is 0 Å². The molecule has 2 aromatic heterocycles. The number of imidazole rings is 1. The van der Waals surface area contributed by atoms with Gasteiger partial charge >= 0.3 is 0 Å². The lowest BCUT2D eigenvalue weighted by molar-refractivity contribution is 0.102. The normalized spacial score (nSPS) is 11.0. The summed E-state index contributed by atoms with van der Waals surface area (Å²) in [5.41, 5.74) is 0.0270. The van der Waals surface area contributed by atoms with Gasteiger partial charge < -0.3 is 5.32 Å². The molecule has 0 saturated heterocycles. The van der Waals surface area contributed by atoms with E-state index in [0.29, 0.717) is 11.7 Å². The lowest BCUT2D eigenvalue weighted by Gasteiger charge is -2.08. The molecule has 118 valence electrons. The van der Waals surface area contributed by atoms with Gasteiger partial charge in [-0.3, -0.25) is 9.20 Å². The van der Waals surface area contributed by atoms with Crippen molar-refractivity contribution >= 4 is 17.2 Å². The lowest BCUT2D eigenvalue weighted by atomic mass is 10.2. The van der Waals surface area contributed by atoms with Crippen molar-refractivity contribution in [2.45, 2.75) is 6.92 Å². The zero-order valence-corrected chi connectivity index (χ0v) is 11.7. The van der Waals surface area contributed by atoms with Crippen LogP contribution in [0.5, 0.6) is 0 Å².